The summed E-state index contributed by atoms with van der Waals surface area (Å²) in [6, 6.07) is 0.552. The van der Waals surface area contributed by atoms with Gasteiger partial charge < -0.3 is 34.3 Å². The van der Waals surface area contributed by atoms with Crippen LogP contribution in [0.3, 0.4) is 0 Å². The number of anilines is 1. The molecule has 7 heterocycles. The van der Waals surface area contributed by atoms with E-state index in [4.69, 9.17) is 45.1 Å². The molecule has 0 amide bonds. The maximum absolute atomic E-state index is 13.5. The molecule has 3 saturated heterocycles. The second kappa shape index (κ2) is 10.6. The normalized spacial score (nSPS) is 37.1. The molecule has 3 aliphatic heterocycles. The highest BCUT2D eigenvalue weighted by Crippen LogP contribution is 2.58. The van der Waals surface area contributed by atoms with Crippen LogP contribution in [0.2, 0.25) is 0 Å². The summed E-state index contributed by atoms with van der Waals surface area (Å²) in [6.45, 7) is -9.57. The molecule has 0 saturated carbocycles. The number of hydrogen-bond acceptors (Lipinski definition) is 15. The van der Waals surface area contributed by atoms with Gasteiger partial charge in [-0.2, -0.15) is 0 Å². The molecular formula is C21H24N8O10P2S2. The van der Waals surface area contributed by atoms with Crippen molar-refractivity contribution in [2.45, 2.75) is 36.2 Å². The van der Waals surface area contributed by atoms with Crippen LogP contribution in [0.15, 0.2) is 42.1 Å². The minimum atomic E-state index is -4.21. The fourth-order valence-corrected chi connectivity index (χ4v) is 8.55. The second-order valence-electron chi connectivity index (χ2n) is 9.97. The van der Waals surface area contributed by atoms with Gasteiger partial charge in [-0.25, -0.2) is 24.5 Å². The average Bonchev–Trinajstić information content (AvgIpc) is 3.74. The lowest BCUT2D eigenvalue weighted by molar-refractivity contribution is -0.0992. The number of nitrogen functional groups attached to an aromatic ring is 1. The van der Waals surface area contributed by atoms with Gasteiger partial charge in [-0.1, -0.05) is 12.2 Å². The van der Waals surface area contributed by atoms with Crippen molar-refractivity contribution in [3.63, 3.8) is 0 Å². The fourth-order valence-electron chi connectivity index (χ4n) is 5.43. The van der Waals surface area contributed by atoms with Crippen molar-refractivity contribution in [2.75, 3.05) is 32.2 Å². The van der Waals surface area contributed by atoms with E-state index in [9.17, 15) is 19.4 Å². The van der Waals surface area contributed by atoms with Gasteiger partial charge in [-0.3, -0.25) is 27.3 Å². The second-order valence-corrected chi connectivity index (χ2v) is 15.6. The third-order valence-corrected chi connectivity index (χ3v) is 10.6. The van der Waals surface area contributed by atoms with Gasteiger partial charge in [-0.15, -0.1) is 0 Å². The molecule has 18 nitrogen and oxygen atoms in total. The topological polar surface area (TPSA) is 222 Å². The van der Waals surface area contributed by atoms with Crippen LogP contribution in [0.1, 0.15) is 6.04 Å². The zero-order valence-electron chi connectivity index (χ0n) is 21.8. The number of nitrogens with two attached hydrogens (primary N) is 1. The zero-order valence-corrected chi connectivity index (χ0v) is 25.3. The number of aliphatic hydroxyl groups excluding tert-OH is 1. The van der Waals surface area contributed by atoms with Gasteiger partial charge in [0.15, 0.2) is 11.5 Å². The summed E-state index contributed by atoms with van der Waals surface area (Å²) in [5, 5.41) is 11.5. The van der Waals surface area contributed by atoms with E-state index in [0.717, 1.165) is 0 Å². The van der Waals surface area contributed by atoms with E-state index in [-0.39, 0.29) is 31.4 Å². The van der Waals surface area contributed by atoms with Crippen LogP contribution >= 0.6 is 25.8 Å². The Balaban J connectivity index is 1.26. The molecule has 3 unspecified atom stereocenters. The monoisotopic (exact) mass is 674 g/mol. The number of fused-ring (bicyclic) bond motifs is 5. The molecule has 0 radical (unpaired) electrons. The average molecular weight is 675 g/mol. The third-order valence-electron chi connectivity index (χ3n) is 7.47. The number of aliphatic hydroxyl groups is 1. The molecule has 4 aromatic heterocycles. The maximum Gasteiger partial charge on any atom is 0.386 e. The van der Waals surface area contributed by atoms with Crippen LogP contribution in [0.25, 0.3) is 16.9 Å². The first-order valence-electron chi connectivity index (χ1n) is 12.7. The number of thiol groups is 1. The first-order chi connectivity index (χ1) is 20.5. The van der Waals surface area contributed by atoms with Gasteiger partial charge >= 0.3 is 13.5 Å². The maximum atomic E-state index is 13.5. The first-order valence-corrected chi connectivity index (χ1v) is 18.0. The molecule has 0 aromatic carbocycles. The van der Waals surface area contributed by atoms with Crippen molar-refractivity contribution in [1.29, 1.82) is 0 Å². The molecule has 230 valence electrons. The number of ether oxygens (including phenoxy) is 2. The molecule has 43 heavy (non-hydrogen) atoms. The van der Waals surface area contributed by atoms with E-state index in [2.05, 4.69) is 32.2 Å². The lowest BCUT2D eigenvalue weighted by Crippen LogP contribution is -2.49. The standard InChI is InChI=1S/C21H24N8O10P2S2/c22-18-15-19(25-9-24-18)28(10-26-15)11-5-34-12-6-37-41(33,43)39-21(29-3-1-14(30)27-4-2-23-20(27)29)8-35-13(17(21)31)7-36-40(32,42)38-16(11)12/h1-4,9-13,16-17,31H,5-8H2,(H,32,42)(H,33,43)(H2,22,24,25)/t11?,12-,13-,16-,17-,21+,40?,41?/m1/s1. The van der Waals surface area contributed by atoms with Gasteiger partial charge in [-0.05, 0) is 11.8 Å². The highest BCUT2D eigenvalue weighted by atomic mass is 32.7. The van der Waals surface area contributed by atoms with Gasteiger partial charge in [0.05, 0.1) is 38.8 Å². The van der Waals surface area contributed by atoms with Crippen molar-refractivity contribution in [1.82, 2.24) is 33.5 Å². The van der Waals surface area contributed by atoms with Crippen molar-refractivity contribution in [2.24, 2.45) is 0 Å². The summed E-state index contributed by atoms with van der Waals surface area (Å²) < 4.78 is 52.7. The Hall–Kier alpha value is -2.32. The van der Waals surface area contributed by atoms with Crippen LogP contribution in [0.5, 0.6) is 0 Å². The Bertz CT molecular complexity index is 1870. The molecular weight excluding hydrogens is 650 g/mol. The molecule has 2 bridgehead atoms. The van der Waals surface area contributed by atoms with E-state index in [1.54, 1.807) is 4.57 Å². The summed E-state index contributed by atoms with van der Waals surface area (Å²) in [5.41, 5.74) is 4.33. The van der Waals surface area contributed by atoms with Crippen LogP contribution in [0.4, 0.5) is 5.82 Å². The Labute approximate surface area is 251 Å². The molecule has 0 aliphatic carbocycles. The Morgan fingerprint density at radius 2 is 1.93 bits per heavy atom. The van der Waals surface area contributed by atoms with Crippen molar-refractivity contribution < 1.29 is 42.1 Å². The Morgan fingerprint density at radius 1 is 1.12 bits per heavy atom. The van der Waals surface area contributed by atoms with Crippen molar-refractivity contribution in [3.8, 4) is 0 Å². The van der Waals surface area contributed by atoms with Crippen LogP contribution in [-0.4, -0.2) is 94.3 Å². The first kappa shape index (κ1) is 29.4. The number of aromatic nitrogens is 7. The Kier molecular flexibility index (Phi) is 7.28. The van der Waals surface area contributed by atoms with Gasteiger partial charge in [0.2, 0.25) is 11.5 Å². The van der Waals surface area contributed by atoms with Crippen LogP contribution < -0.4 is 11.3 Å². The Morgan fingerprint density at radius 3 is 2.77 bits per heavy atom. The quantitative estimate of drug-likeness (QED) is 0.162. The molecule has 3 fully saturated rings. The number of hydrogen-bond donors (Lipinski definition) is 4. The van der Waals surface area contributed by atoms with Crippen LogP contribution in [0, 0.1) is 0 Å². The summed E-state index contributed by atoms with van der Waals surface area (Å²) in [4.78, 5) is 40.4. The minimum Gasteiger partial charge on any atom is -0.385 e. The number of nitrogens with zero attached hydrogens (tertiary/aromatic N) is 7. The summed E-state index contributed by atoms with van der Waals surface area (Å²) >= 11 is 9.55. The predicted molar refractivity (Wildman–Crippen MR) is 153 cm³/mol. The summed E-state index contributed by atoms with van der Waals surface area (Å²) in [5.74, 6) is 0.232. The molecule has 4 aromatic rings. The molecule has 8 atom stereocenters. The van der Waals surface area contributed by atoms with Crippen molar-refractivity contribution in [3.05, 3.63) is 47.7 Å². The number of imidazole rings is 2. The van der Waals surface area contributed by atoms with Gasteiger partial charge in [0.25, 0.3) is 5.56 Å². The lowest BCUT2D eigenvalue weighted by Gasteiger charge is -2.36. The summed E-state index contributed by atoms with van der Waals surface area (Å²) in [6.07, 6.45) is 2.13. The molecule has 22 heteroatoms. The SMILES string of the molecule is Nc1ncnc2c1ncn2C1CO[C@@H]2COP(O)(=S)O[C@@]3(n4ccc(=O)n5ccnc45)CO[C@H](COP(=O)(S)O[C@H]12)[C@H]3O. The fraction of sp³-hybridized carbons (Fsp3) is 0.476. The molecule has 4 N–H and O–H groups in total. The van der Waals surface area contributed by atoms with E-state index in [0.29, 0.717) is 11.2 Å². The molecule has 7 rings (SSSR count). The number of rotatable bonds is 2. The summed E-state index contributed by atoms with van der Waals surface area (Å²) in [7, 11) is 0. The highest BCUT2D eigenvalue weighted by molar-refractivity contribution is 8.44. The van der Waals surface area contributed by atoms with Gasteiger partial charge in [0.1, 0.15) is 36.3 Å². The predicted octanol–water partition coefficient (Wildman–Crippen LogP) is -0.0262. The molecule has 0 spiro atoms. The minimum absolute atomic E-state index is 0.0284. The van der Waals surface area contributed by atoms with E-state index in [1.165, 1.54) is 46.3 Å². The van der Waals surface area contributed by atoms with E-state index >= 15 is 0 Å². The van der Waals surface area contributed by atoms with E-state index in [1.807, 2.05) is 0 Å². The largest absolute Gasteiger partial charge is 0.386 e. The van der Waals surface area contributed by atoms with E-state index < -0.39 is 61.9 Å². The van der Waals surface area contributed by atoms with Crippen LogP contribution in [-0.2, 0) is 49.7 Å². The smallest absolute Gasteiger partial charge is 0.385 e. The molecule has 3 aliphatic rings. The zero-order chi connectivity index (χ0) is 30.1. The lowest BCUT2D eigenvalue weighted by atomic mass is 10.1. The van der Waals surface area contributed by atoms with Crippen molar-refractivity contribution >= 4 is 60.3 Å². The van der Waals surface area contributed by atoms with Gasteiger partial charge in [0, 0.05) is 24.7 Å². The third kappa shape index (κ3) is 5.04. The highest BCUT2D eigenvalue weighted by Gasteiger charge is 2.56.